The van der Waals surface area contributed by atoms with Crippen molar-refractivity contribution < 1.29 is 86.6 Å². The number of anilines is 2. The van der Waals surface area contributed by atoms with Crippen LogP contribution < -0.4 is 25.3 Å². The summed E-state index contributed by atoms with van der Waals surface area (Å²) >= 11 is 0. The smallest absolute Gasteiger partial charge is 0.296 e. The predicted octanol–water partition coefficient (Wildman–Crippen LogP) is 3.13. The molecule has 0 saturated carbocycles. The number of carbonyl (C=O) groups excluding carboxylic acids is 1. The molecule has 1 amide bonds. The molecule has 0 fully saturated rings. The zero-order valence-electron chi connectivity index (χ0n) is 32.8. The maximum absolute atomic E-state index is 13.0. The van der Waals surface area contributed by atoms with Crippen molar-refractivity contribution in [2.75, 3.05) is 36.9 Å². The highest BCUT2D eigenvalue weighted by Gasteiger charge is 2.30. The van der Waals surface area contributed by atoms with E-state index in [1.165, 1.54) is 24.4 Å². The van der Waals surface area contributed by atoms with Gasteiger partial charge in [0.2, 0.25) is 0 Å². The molecule has 0 aliphatic carbocycles. The first-order chi connectivity index (χ1) is 30.9. The van der Waals surface area contributed by atoms with Crippen LogP contribution in [-0.2, 0) is 45.3 Å². The topological polar surface area (TPSA) is 423 Å². The first kappa shape index (κ1) is 48.7. The lowest BCUT2D eigenvalue weighted by Crippen LogP contribution is -2.43. The average molecular weight is 997 g/mol. The lowest BCUT2D eigenvalue weighted by molar-refractivity contribution is -0.118. The van der Waals surface area contributed by atoms with Crippen molar-refractivity contribution in [3.8, 4) is 23.0 Å². The third kappa shape index (κ3) is 11.0. The van der Waals surface area contributed by atoms with Gasteiger partial charge in [0.15, 0.2) is 5.75 Å². The number of benzene rings is 5. The first-order valence-electron chi connectivity index (χ1n) is 18.0. The summed E-state index contributed by atoms with van der Waals surface area (Å²) in [5, 5.41) is 59.9. The maximum atomic E-state index is 13.0. The molecule has 1 aliphatic rings. The quantitative estimate of drug-likeness (QED) is 0.0342. The molecule has 31 heteroatoms. The molecule has 0 saturated heterocycles. The predicted molar refractivity (Wildman–Crippen MR) is 226 cm³/mol. The summed E-state index contributed by atoms with van der Waals surface area (Å²) in [5.74, 6) is -3.36. The molecule has 10 N–H and O–H groups in total. The van der Waals surface area contributed by atoms with Crippen LogP contribution in [0.1, 0.15) is 0 Å². The van der Waals surface area contributed by atoms with E-state index in [9.17, 15) is 77.1 Å². The Morgan fingerprint density at radius 2 is 1.20 bits per heavy atom. The number of amides is 1. The number of hydrogen-bond donors (Lipinski definition) is 10. The van der Waals surface area contributed by atoms with Crippen LogP contribution in [0, 0.1) is 0 Å². The number of carbonyl (C=O) groups is 1. The van der Waals surface area contributed by atoms with Crippen molar-refractivity contribution >= 4 is 97.5 Å². The Morgan fingerprint density at radius 1 is 0.636 bits per heavy atom. The summed E-state index contributed by atoms with van der Waals surface area (Å²) in [6.45, 7) is -1.99. The van der Waals surface area contributed by atoms with Crippen molar-refractivity contribution in [1.29, 1.82) is 0 Å². The van der Waals surface area contributed by atoms with Crippen LogP contribution >= 0.6 is 0 Å². The monoisotopic (exact) mass is 996 g/mol. The van der Waals surface area contributed by atoms with E-state index >= 15 is 0 Å². The Balaban J connectivity index is 1.32. The number of aliphatic hydroxyl groups excluding tert-OH is 2. The van der Waals surface area contributed by atoms with E-state index in [0.717, 1.165) is 41.4 Å². The number of nitrogens with zero attached hydrogens (tertiary/aromatic N) is 6. The Kier molecular flexibility index (Phi) is 14.0. The second-order valence-electron chi connectivity index (χ2n) is 13.2. The zero-order chi connectivity index (χ0) is 48.4. The van der Waals surface area contributed by atoms with Gasteiger partial charge in [0, 0.05) is 18.2 Å². The molecule has 1 atom stereocenters. The Labute approximate surface area is 372 Å². The number of rotatable bonds is 18. The summed E-state index contributed by atoms with van der Waals surface area (Å²) in [7, 11) is -19.8. The van der Waals surface area contributed by atoms with Gasteiger partial charge in [-0.15, -0.1) is 20.5 Å². The number of fused-ring (bicyclic) bond motifs is 1. The zero-order valence-corrected chi connectivity index (χ0v) is 36.1. The maximum Gasteiger partial charge on any atom is 0.296 e. The second-order valence-corrected chi connectivity index (χ2v) is 18.8. The average Bonchev–Trinajstić information content (AvgIpc) is 3.61. The molecule has 27 nitrogen and oxygen atoms in total. The molecule has 0 aromatic heterocycles. The van der Waals surface area contributed by atoms with Gasteiger partial charge in [0.25, 0.3) is 46.4 Å². The molecule has 5 aromatic rings. The van der Waals surface area contributed by atoms with Gasteiger partial charge in [0.05, 0.1) is 46.0 Å². The van der Waals surface area contributed by atoms with Crippen molar-refractivity contribution in [2.24, 2.45) is 25.6 Å². The van der Waals surface area contributed by atoms with E-state index in [1.54, 1.807) is 0 Å². The highest BCUT2D eigenvalue weighted by atomic mass is 32.2. The summed E-state index contributed by atoms with van der Waals surface area (Å²) in [6.07, 6.45) is 1.17. The van der Waals surface area contributed by atoms with Crippen molar-refractivity contribution in [3.05, 3.63) is 72.8 Å². The molecule has 0 bridgehead atoms. The number of aliphatic hydroxyl groups is 2. The van der Waals surface area contributed by atoms with Gasteiger partial charge in [-0.25, -0.2) is 5.43 Å². The molecule has 1 heterocycles. The van der Waals surface area contributed by atoms with Gasteiger partial charge in [-0.05, 0) is 60.0 Å². The minimum absolute atomic E-state index is 0.0345. The fourth-order valence-electron chi connectivity index (χ4n) is 5.81. The van der Waals surface area contributed by atoms with E-state index in [0.29, 0.717) is 18.2 Å². The minimum Gasteiger partial charge on any atom is -0.507 e. The Bertz CT molecular complexity index is 3300. The van der Waals surface area contributed by atoms with Gasteiger partial charge in [-0.3, -0.25) is 23.0 Å². The number of aromatic hydroxyl groups is 2. The lowest BCUT2D eigenvalue weighted by atomic mass is 10.1. The highest BCUT2D eigenvalue weighted by molar-refractivity contribution is 7.86. The molecule has 1 unspecified atom stereocenters. The SMILES string of the molecule is O=C1C(NNc2ccc(N=Nc3cc(OCCO)c(N=Nc4c(S(=O)(=O)O)cc5cc(S(=O)(=O)O)cc(O)c5c4O)cc3OCCO)c(S(=O)(=O)O)c2)C=NN1c1ccc(S(=O)(=O)O)cc1. The number of hydrazone groups is 1. The number of phenolic OH excluding ortho intramolecular Hbond substituents is 2. The first-order valence-corrected chi connectivity index (χ1v) is 23.7. The van der Waals surface area contributed by atoms with E-state index < -0.39 is 132 Å². The number of azo groups is 2. The van der Waals surface area contributed by atoms with E-state index in [-0.39, 0.29) is 34.2 Å². The molecular weight excluding hydrogens is 965 g/mol. The Morgan fingerprint density at radius 3 is 1.74 bits per heavy atom. The fourth-order valence-corrected chi connectivity index (χ4v) is 8.13. The minimum atomic E-state index is -5.30. The summed E-state index contributed by atoms with van der Waals surface area (Å²) in [5.41, 5.74) is 3.22. The fraction of sp³-hybridized carbons (Fsp3) is 0.143. The van der Waals surface area contributed by atoms with Crippen molar-refractivity contribution in [1.82, 2.24) is 5.43 Å². The highest BCUT2D eigenvalue weighted by Crippen LogP contribution is 2.47. The van der Waals surface area contributed by atoms with E-state index in [1.807, 2.05) is 0 Å². The summed E-state index contributed by atoms with van der Waals surface area (Å²) in [4.78, 5) is 9.73. The van der Waals surface area contributed by atoms with Crippen LogP contribution in [0.4, 0.5) is 34.1 Å². The van der Waals surface area contributed by atoms with Crippen LogP contribution in [0.3, 0.4) is 0 Å². The van der Waals surface area contributed by atoms with Crippen LogP contribution in [0.25, 0.3) is 10.8 Å². The van der Waals surface area contributed by atoms with E-state index in [2.05, 4.69) is 36.4 Å². The van der Waals surface area contributed by atoms with Gasteiger partial charge in [-0.1, -0.05) is 0 Å². The molecule has 5 aromatic carbocycles. The van der Waals surface area contributed by atoms with Crippen LogP contribution in [0.5, 0.6) is 23.0 Å². The standard InChI is InChI=1S/C35H32N8O19S4/c44-7-9-61-28-16-25(40-42-33-31(66(58,59)60)12-18-11-22(64(52,53)54)14-27(46)32(18)34(33)47)29(62-10-8-45)15-24(28)39-38-23-6-1-19(13-30(23)65(55,56)57)37-41-26-17-36-43(35(26)48)20-2-4-21(5-3-20)63(49,50)51/h1-6,11-17,26,37,41,44-47H,7-10H2,(H,49,50,51)(H,52,53,54)(H,55,56,57)(H,58,59,60). The third-order valence-corrected chi connectivity index (χ3v) is 12.2. The molecule has 0 radical (unpaired) electrons. The molecule has 0 spiro atoms. The number of ether oxygens (including phenoxy) is 2. The largest absolute Gasteiger partial charge is 0.507 e. The molecule has 1 aliphatic heterocycles. The lowest BCUT2D eigenvalue weighted by Gasteiger charge is -2.16. The summed E-state index contributed by atoms with van der Waals surface area (Å²) in [6, 6.07) is 10.6. The number of hydrogen-bond acceptors (Lipinski definition) is 22. The third-order valence-electron chi connectivity index (χ3n) is 8.73. The van der Waals surface area contributed by atoms with E-state index in [4.69, 9.17) is 9.47 Å². The second kappa shape index (κ2) is 19.0. The van der Waals surface area contributed by atoms with Crippen LogP contribution in [-0.4, -0.2) is 117 Å². The summed E-state index contributed by atoms with van der Waals surface area (Å²) < 4.78 is 146. The van der Waals surface area contributed by atoms with Gasteiger partial charge in [0.1, 0.15) is 69.0 Å². The molecular formula is C35H32N8O19S4. The molecule has 350 valence electrons. The Hall–Kier alpha value is -6.78. The number of phenols is 2. The number of hydrazine groups is 1. The molecule has 6 rings (SSSR count). The van der Waals surface area contributed by atoms with Crippen molar-refractivity contribution in [3.63, 3.8) is 0 Å². The van der Waals surface area contributed by atoms with Gasteiger partial charge in [-0.2, -0.15) is 43.8 Å². The van der Waals surface area contributed by atoms with Crippen molar-refractivity contribution in [2.45, 2.75) is 25.6 Å². The van der Waals surface area contributed by atoms with Gasteiger partial charge < -0.3 is 35.3 Å². The number of nitrogens with one attached hydrogen (secondary N) is 2. The van der Waals surface area contributed by atoms with Crippen LogP contribution in [0.15, 0.2) is 118 Å². The van der Waals surface area contributed by atoms with Crippen LogP contribution in [0.2, 0.25) is 0 Å². The van der Waals surface area contributed by atoms with Gasteiger partial charge >= 0.3 is 0 Å². The molecule has 66 heavy (non-hydrogen) atoms. The normalized spacial score (nSPS) is 14.8.